The molecular weight excluding hydrogens is 372 g/mol. The summed E-state index contributed by atoms with van der Waals surface area (Å²) in [6.45, 7) is -0.493. The molecule has 1 fully saturated rings. The predicted molar refractivity (Wildman–Crippen MR) is 99.3 cm³/mol. The van der Waals surface area contributed by atoms with Crippen molar-refractivity contribution in [1.29, 1.82) is 0 Å². The van der Waals surface area contributed by atoms with E-state index in [1.54, 1.807) is 18.2 Å². The summed E-state index contributed by atoms with van der Waals surface area (Å²) in [5.74, 6) is 0. The Bertz CT molecular complexity index is 764. The molecule has 0 radical (unpaired) electrons. The van der Waals surface area contributed by atoms with Crippen molar-refractivity contribution in [3.63, 3.8) is 0 Å². The molecule has 7 heteroatoms. The van der Waals surface area contributed by atoms with Gasteiger partial charge in [0.1, 0.15) is 30.5 Å². The highest BCUT2D eigenvalue weighted by molar-refractivity contribution is 6.31. The first-order valence-electron chi connectivity index (χ1n) is 8.72. The molecule has 0 amide bonds. The lowest BCUT2D eigenvalue weighted by Crippen LogP contribution is -2.55. The Hall–Kier alpha value is -1.51. The van der Waals surface area contributed by atoms with Gasteiger partial charge in [-0.05, 0) is 34.7 Å². The third-order valence-corrected chi connectivity index (χ3v) is 5.26. The van der Waals surface area contributed by atoms with Crippen LogP contribution < -0.4 is 0 Å². The fourth-order valence-corrected chi connectivity index (χ4v) is 3.45. The van der Waals surface area contributed by atoms with E-state index in [0.29, 0.717) is 17.0 Å². The molecule has 27 heavy (non-hydrogen) atoms. The van der Waals surface area contributed by atoms with Crippen LogP contribution in [-0.2, 0) is 17.8 Å². The van der Waals surface area contributed by atoms with Gasteiger partial charge in [0.05, 0.1) is 13.2 Å². The summed E-state index contributed by atoms with van der Waals surface area (Å²) in [7, 11) is 0. The highest BCUT2D eigenvalue weighted by Crippen LogP contribution is 2.34. The molecule has 0 spiro atoms. The van der Waals surface area contributed by atoms with E-state index in [2.05, 4.69) is 0 Å². The second-order valence-corrected chi connectivity index (χ2v) is 7.16. The van der Waals surface area contributed by atoms with Crippen LogP contribution in [0.4, 0.5) is 0 Å². The Balaban J connectivity index is 1.85. The van der Waals surface area contributed by atoms with Crippen LogP contribution in [0.15, 0.2) is 42.5 Å². The van der Waals surface area contributed by atoms with Crippen molar-refractivity contribution in [2.45, 2.75) is 43.5 Å². The summed E-state index contributed by atoms with van der Waals surface area (Å²) in [4.78, 5) is 0. The summed E-state index contributed by atoms with van der Waals surface area (Å²) in [5.41, 5.74) is 3.22. The Kier molecular flexibility index (Phi) is 6.49. The summed E-state index contributed by atoms with van der Waals surface area (Å²) in [6.07, 6.45) is -5.47. The normalized spacial score (nSPS) is 28.3. The third-order valence-electron chi connectivity index (χ3n) is 4.89. The first-order valence-corrected chi connectivity index (χ1v) is 9.10. The number of halogens is 1. The van der Waals surface area contributed by atoms with Crippen LogP contribution in [-0.4, -0.2) is 56.6 Å². The number of benzene rings is 2. The lowest BCUT2D eigenvalue weighted by molar-refractivity contribution is -0.231. The molecule has 2 aromatic rings. The number of rotatable bonds is 5. The first-order chi connectivity index (χ1) is 12.9. The predicted octanol–water partition coefficient (Wildman–Crippen LogP) is 0.938. The molecule has 6 nitrogen and oxygen atoms in total. The fourth-order valence-electron chi connectivity index (χ4n) is 3.27. The lowest BCUT2D eigenvalue weighted by Gasteiger charge is -2.40. The monoisotopic (exact) mass is 394 g/mol. The smallest absolute Gasteiger partial charge is 0.113 e. The van der Waals surface area contributed by atoms with E-state index in [4.69, 9.17) is 21.4 Å². The second kappa shape index (κ2) is 8.67. The second-order valence-electron chi connectivity index (χ2n) is 6.75. The van der Waals surface area contributed by atoms with E-state index >= 15 is 0 Å². The van der Waals surface area contributed by atoms with Crippen molar-refractivity contribution < 1.29 is 30.3 Å². The van der Waals surface area contributed by atoms with Gasteiger partial charge >= 0.3 is 0 Å². The molecule has 3 rings (SSSR count). The molecule has 0 aromatic heterocycles. The summed E-state index contributed by atoms with van der Waals surface area (Å²) in [5, 5.41) is 49.3. The van der Waals surface area contributed by atoms with Gasteiger partial charge in [0.2, 0.25) is 0 Å². The SMILES string of the molecule is OCc1ccc(Cc2cc([C@@H]3O[C@H](CO)[C@@H](O)[C@H](O)[C@H]3O)ccc2Cl)cc1. The van der Waals surface area contributed by atoms with Crippen LogP contribution in [0.1, 0.15) is 28.4 Å². The van der Waals surface area contributed by atoms with E-state index in [1.165, 1.54) is 0 Å². The molecule has 0 unspecified atom stereocenters. The van der Waals surface area contributed by atoms with Gasteiger partial charge in [-0.2, -0.15) is 0 Å². The Morgan fingerprint density at radius 1 is 0.852 bits per heavy atom. The summed E-state index contributed by atoms with van der Waals surface area (Å²) < 4.78 is 5.61. The minimum atomic E-state index is -1.42. The van der Waals surface area contributed by atoms with Crippen LogP contribution in [0.25, 0.3) is 0 Å². The van der Waals surface area contributed by atoms with Crippen molar-refractivity contribution in [3.8, 4) is 0 Å². The van der Waals surface area contributed by atoms with Gasteiger partial charge in [0, 0.05) is 5.02 Å². The molecule has 1 saturated heterocycles. The average Bonchev–Trinajstić information content (AvgIpc) is 2.69. The minimum Gasteiger partial charge on any atom is -0.394 e. The zero-order chi connectivity index (χ0) is 19.6. The van der Waals surface area contributed by atoms with Crippen LogP contribution >= 0.6 is 11.6 Å². The maximum atomic E-state index is 10.3. The number of aliphatic hydroxyl groups is 5. The molecule has 0 aliphatic carbocycles. The summed E-state index contributed by atoms with van der Waals surface area (Å²) in [6, 6.07) is 12.7. The number of ether oxygens (including phenoxy) is 1. The molecule has 1 heterocycles. The highest BCUT2D eigenvalue weighted by atomic mass is 35.5. The van der Waals surface area contributed by atoms with Gasteiger partial charge in [0.15, 0.2) is 0 Å². The van der Waals surface area contributed by atoms with Gasteiger partial charge in [0.25, 0.3) is 0 Å². The zero-order valence-electron chi connectivity index (χ0n) is 14.6. The highest BCUT2D eigenvalue weighted by Gasteiger charge is 2.43. The minimum absolute atomic E-state index is 0.0202. The maximum Gasteiger partial charge on any atom is 0.113 e. The molecule has 146 valence electrons. The van der Waals surface area contributed by atoms with Crippen LogP contribution in [0.3, 0.4) is 0 Å². The van der Waals surface area contributed by atoms with E-state index < -0.39 is 37.1 Å². The lowest BCUT2D eigenvalue weighted by atomic mass is 9.90. The van der Waals surface area contributed by atoms with Gasteiger partial charge < -0.3 is 30.3 Å². The number of hydrogen-bond donors (Lipinski definition) is 5. The maximum absolute atomic E-state index is 10.3. The van der Waals surface area contributed by atoms with E-state index in [9.17, 15) is 20.4 Å². The topological polar surface area (TPSA) is 110 Å². The van der Waals surface area contributed by atoms with Crippen LogP contribution in [0, 0.1) is 0 Å². The van der Waals surface area contributed by atoms with Crippen molar-refractivity contribution in [3.05, 3.63) is 69.7 Å². The largest absolute Gasteiger partial charge is 0.394 e. The van der Waals surface area contributed by atoms with Gasteiger partial charge in [-0.15, -0.1) is 0 Å². The zero-order valence-corrected chi connectivity index (χ0v) is 15.3. The van der Waals surface area contributed by atoms with Crippen LogP contribution in [0.2, 0.25) is 5.02 Å². The quantitative estimate of drug-likeness (QED) is 0.516. The van der Waals surface area contributed by atoms with Gasteiger partial charge in [-0.25, -0.2) is 0 Å². The number of hydrogen-bond acceptors (Lipinski definition) is 6. The van der Waals surface area contributed by atoms with Crippen molar-refractivity contribution in [1.82, 2.24) is 0 Å². The molecule has 5 atom stereocenters. The van der Waals surface area contributed by atoms with Gasteiger partial charge in [-0.3, -0.25) is 0 Å². The number of aliphatic hydroxyl groups excluding tert-OH is 5. The van der Waals surface area contributed by atoms with Crippen molar-refractivity contribution in [2.75, 3.05) is 6.61 Å². The van der Waals surface area contributed by atoms with Crippen LogP contribution in [0.5, 0.6) is 0 Å². The third kappa shape index (κ3) is 4.33. The average molecular weight is 395 g/mol. The Morgan fingerprint density at radius 2 is 1.52 bits per heavy atom. The fraction of sp³-hybridized carbons (Fsp3) is 0.400. The Labute approximate surface area is 162 Å². The molecule has 5 N–H and O–H groups in total. The van der Waals surface area contributed by atoms with Gasteiger partial charge in [-0.1, -0.05) is 48.0 Å². The standard InChI is InChI=1S/C20H23ClO6/c21-15-6-5-13(20-19(26)18(25)17(24)16(10-23)27-20)8-14(15)7-11-1-3-12(9-22)4-2-11/h1-6,8,16-20,22-26H,7,9-10H2/t16-,17-,18+,19-,20+/m1/s1. The molecule has 0 saturated carbocycles. The molecule has 0 bridgehead atoms. The summed E-state index contributed by atoms with van der Waals surface area (Å²) >= 11 is 6.32. The molecule has 1 aliphatic rings. The van der Waals surface area contributed by atoms with E-state index in [0.717, 1.165) is 16.7 Å². The van der Waals surface area contributed by atoms with Crippen molar-refractivity contribution in [2.24, 2.45) is 0 Å². The molecule has 2 aromatic carbocycles. The van der Waals surface area contributed by atoms with Crippen molar-refractivity contribution >= 4 is 11.6 Å². The van der Waals surface area contributed by atoms with E-state index in [1.807, 2.05) is 24.3 Å². The van der Waals surface area contributed by atoms with E-state index in [-0.39, 0.29) is 6.61 Å². The molecular formula is C20H23ClO6. The first kappa shape index (κ1) is 20.2. The molecule has 1 aliphatic heterocycles. The Morgan fingerprint density at radius 3 is 2.15 bits per heavy atom.